The van der Waals surface area contributed by atoms with Crippen LogP contribution < -0.4 is 11.1 Å². The lowest BCUT2D eigenvalue weighted by Crippen LogP contribution is -2.15. The predicted molar refractivity (Wildman–Crippen MR) is 72.2 cm³/mol. The molecule has 0 fully saturated rings. The molecule has 0 spiro atoms. The van der Waals surface area contributed by atoms with Gasteiger partial charge in [-0.2, -0.15) is 13.2 Å². The van der Waals surface area contributed by atoms with Gasteiger partial charge in [0.1, 0.15) is 5.69 Å². The first-order valence-electron chi connectivity index (χ1n) is 6.02. The molecule has 1 heterocycles. The molecule has 0 radical (unpaired) electrons. The maximum atomic E-state index is 12.4. The van der Waals surface area contributed by atoms with Gasteiger partial charge < -0.3 is 11.1 Å². The quantitative estimate of drug-likeness (QED) is 0.913. The predicted octanol–water partition coefficient (Wildman–Crippen LogP) is 2.45. The van der Waals surface area contributed by atoms with Gasteiger partial charge in [-0.05, 0) is 36.4 Å². The van der Waals surface area contributed by atoms with E-state index in [1.54, 1.807) is 0 Å². The molecular weight excluding hydrogens is 299 g/mol. The SMILES string of the molecule is NC(=O)c1ccc(NC(=O)c2ccc(C(F)(F)F)nc2)cc1. The Bertz CT molecular complexity index is 695. The summed E-state index contributed by atoms with van der Waals surface area (Å²) in [5, 5.41) is 2.47. The van der Waals surface area contributed by atoms with E-state index in [9.17, 15) is 22.8 Å². The lowest BCUT2D eigenvalue weighted by molar-refractivity contribution is -0.141. The first kappa shape index (κ1) is 15.5. The van der Waals surface area contributed by atoms with E-state index in [0.717, 1.165) is 18.3 Å². The van der Waals surface area contributed by atoms with Crippen LogP contribution in [0.3, 0.4) is 0 Å². The summed E-state index contributed by atoms with van der Waals surface area (Å²) in [6.07, 6.45) is -3.71. The Morgan fingerprint density at radius 1 is 1.00 bits per heavy atom. The number of aromatic nitrogens is 1. The van der Waals surface area contributed by atoms with Crippen molar-refractivity contribution < 1.29 is 22.8 Å². The molecule has 0 aliphatic heterocycles. The molecule has 22 heavy (non-hydrogen) atoms. The third kappa shape index (κ3) is 3.60. The molecule has 3 N–H and O–H groups in total. The molecular formula is C14H10F3N3O2. The third-order valence-corrected chi connectivity index (χ3v) is 2.74. The van der Waals surface area contributed by atoms with Crippen LogP contribution >= 0.6 is 0 Å². The Hall–Kier alpha value is -2.90. The van der Waals surface area contributed by atoms with Gasteiger partial charge in [0, 0.05) is 17.4 Å². The average Bonchev–Trinajstić information content (AvgIpc) is 2.47. The second-order valence-corrected chi connectivity index (χ2v) is 4.33. The normalized spacial score (nSPS) is 11.0. The van der Waals surface area contributed by atoms with Gasteiger partial charge in [0.2, 0.25) is 5.91 Å². The van der Waals surface area contributed by atoms with E-state index >= 15 is 0 Å². The molecule has 0 saturated carbocycles. The van der Waals surface area contributed by atoms with Crippen LogP contribution in [-0.2, 0) is 6.18 Å². The molecule has 1 aromatic carbocycles. The van der Waals surface area contributed by atoms with Crippen LogP contribution in [0, 0.1) is 0 Å². The fourth-order valence-corrected chi connectivity index (χ4v) is 1.62. The van der Waals surface area contributed by atoms with Crippen LogP contribution in [0.5, 0.6) is 0 Å². The Balaban J connectivity index is 2.10. The van der Waals surface area contributed by atoms with E-state index in [2.05, 4.69) is 10.3 Å². The lowest BCUT2D eigenvalue weighted by Gasteiger charge is -2.08. The third-order valence-electron chi connectivity index (χ3n) is 2.74. The van der Waals surface area contributed by atoms with Gasteiger partial charge in [0.05, 0.1) is 5.56 Å². The van der Waals surface area contributed by atoms with E-state index in [0.29, 0.717) is 5.69 Å². The monoisotopic (exact) mass is 309 g/mol. The maximum Gasteiger partial charge on any atom is 0.433 e. The van der Waals surface area contributed by atoms with Crippen LogP contribution in [0.1, 0.15) is 26.4 Å². The summed E-state index contributed by atoms with van der Waals surface area (Å²) in [7, 11) is 0. The Kier molecular flexibility index (Phi) is 4.11. The lowest BCUT2D eigenvalue weighted by atomic mass is 10.2. The standard InChI is InChI=1S/C14H10F3N3O2/c15-14(16,17)11-6-3-9(7-19-11)13(22)20-10-4-1-8(2-5-10)12(18)21/h1-7H,(H2,18,21)(H,20,22). The average molecular weight is 309 g/mol. The number of primary amides is 1. The fraction of sp³-hybridized carbons (Fsp3) is 0.0714. The van der Waals surface area contributed by atoms with Gasteiger partial charge in [0.25, 0.3) is 5.91 Å². The molecule has 5 nitrogen and oxygen atoms in total. The van der Waals surface area contributed by atoms with Crippen LogP contribution in [0.4, 0.5) is 18.9 Å². The van der Waals surface area contributed by atoms with Crippen LogP contribution in [-0.4, -0.2) is 16.8 Å². The summed E-state index contributed by atoms with van der Waals surface area (Å²) in [5.41, 5.74) is 4.63. The minimum Gasteiger partial charge on any atom is -0.366 e. The zero-order valence-electron chi connectivity index (χ0n) is 11.0. The van der Waals surface area contributed by atoms with Crippen molar-refractivity contribution in [1.82, 2.24) is 4.98 Å². The zero-order chi connectivity index (χ0) is 16.3. The molecule has 0 aliphatic rings. The molecule has 2 amide bonds. The molecule has 0 bridgehead atoms. The number of hydrogen-bond acceptors (Lipinski definition) is 3. The smallest absolute Gasteiger partial charge is 0.366 e. The summed E-state index contributed by atoms with van der Waals surface area (Å²) >= 11 is 0. The number of nitrogens with one attached hydrogen (secondary N) is 1. The highest BCUT2D eigenvalue weighted by molar-refractivity contribution is 6.04. The number of halogens is 3. The summed E-state index contributed by atoms with van der Waals surface area (Å²) in [6, 6.07) is 7.50. The Morgan fingerprint density at radius 2 is 1.59 bits per heavy atom. The number of anilines is 1. The molecule has 8 heteroatoms. The largest absolute Gasteiger partial charge is 0.433 e. The number of carbonyl (C=O) groups excluding carboxylic acids is 2. The number of pyridine rings is 1. The van der Waals surface area contributed by atoms with Crippen molar-refractivity contribution in [2.24, 2.45) is 5.73 Å². The number of hydrogen-bond donors (Lipinski definition) is 2. The highest BCUT2D eigenvalue weighted by Crippen LogP contribution is 2.27. The minimum atomic E-state index is -4.56. The number of amides is 2. The van der Waals surface area contributed by atoms with Gasteiger partial charge in [-0.3, -0.25) is 14.6 Å². The van der Waals surface area contributed by atoms with Crippen LogP contribution in [0.2, 0.25) is 0 Å². The number of carbonyl (C=O) groups is 2. The van der Waals surface area contributed by atoms with Crippen molar-refractivity contribution in [3.05, 3.63) is 59.4 Å². The number of benzene rings is 1. The summed E-state index contributed by atoms with van der Waals surface area (Å²) in [5.74, 6) is -1.22. The molecule has 2 aromatic rings. The second kappa shape index (κ2) is 5.84. The summed E-state index contributed by atoms with van der Waals surface area (Å²) < 4.78 is 37.1. The number of alkyl halides is 3. The van der Waals surface area contributed by atoms with E-state index in [1.807, 2.05) is 0 Å². The molecule has 1 aromatic heterocycles. The van der Waals surface area contributed by atoms with Gasteiger partial charge in [-0.15, -0.1) is 0 Å². The number of nitrogens with zero attached hydrogens (tertiary/aromatic N) is 1. The van der Waals surface area contributed by atoms with Gasteiger partial charge in [0.15, 0.2) is 0 Å². The highest BCUT2D eigenvalue weighted by Gasteiger charge is 2.32. The first-order chi connectivity index (χ1) is 10.3. The summed E-state index contributed by atoms with van der Waals surface area (Å²) in [4.78, 5) is 26.0. The number of rotatable bonds is 3. The topological polar surface area (TPSA) is 85.1 Å². The maximum absolute atomic E-state index is 12.4. The van der Waals surface area contributed by atoms with Gasteiger partial charge >= 0.3 is 6.18 Å². The van der Waals surface area contributed by atoms with E-state index < -0.39 is 23.7 Å². The van der Waals surface area contributed by atoms with Crippen molar-refractivity contribution in [2.45, 2.75) is 6.18 Å². The van der Waals surface area contributed by atoms with E-state index in [1.165, 1.54) is 24.3 Å². The van der Waals surface area contributed by atoms with Gasteiger partial charge in [-0.25, -0.2) is 0 Å². The Labute approximate surface area is 123 Å². The number of nitrogens with two attached hydrogens (primary N) is 1. The van der Waals surface area contributed by atoms with Crippen molar-refractivity contribution >= 4 is 17.5 Å². The fourth-order valence-electron chi connectivity index (χ4n) is 1.62. The summed E-state index contributed by atoms with van der Waals surface area (Å²) in [6.45, 7) is 0. The van der Waals surface area contributed by atoms with Gasteiger partial charge in [-0.1, -0.05) is 0 Å². The van der Waals surface area contributed by atoms with Crippen molar-refractivity contribution in [3.63, 3.8) is 0 Å². The first-order valence-corrected chi connectivity index (χ1v) is 6.02. The second-order valence-electron chi connectivity index (χ2n) is 4.33. The molecule has 0 unspecified atom stereocenters. The highest BCUT2D eigenvalue weighted by atomic mass is 19.4. The molecule has 2 rings (SSSR count). The Morgan fingerprint density at radius 3 is 2.05 bits per heavy atom. The van der Waals surface area contributed by atoms with Crippen molar-refractivity contribution in [2.75, 3.05) is 5.32 Å². The van der Waals surface area contributed by atoms with Crippen LogP contribution in [0.25, 0.3) is 0 Å². The van der Waals surface area contributed by atoms with Crippen molar-refractivity contribution in [1.29, 1.82) is 0 Å². The van der Waals surface area contributed by atoms with E-state index in [-0.39, 0.29) is 11.1 Å². The molecule has 0 saturated heterocycles. The minimum absolute atomic E-state index is 0.0213. The van der Waals surface area contributed by atoms with Crippen LogP contribution in [0.15, 0.2) is 42.6 Å². The molecule has 114 valence electrons. The van der Waals surface area contributed by atoms with E-state index in [4.69, 9.17) is 5.73 Å². The van der Waals surface area contributed by atoms with Crippen molar-refractivity contribution in [3.8, 4) is 0 Å². The molecule has 0 aliphatic carbocycles. The zero-order valence-corrected chi connectivity index (χ0v) is 11.0. The molecule has 0 atom stereocenters.